The summed E-state index contributed by atoms with van der Waals surface area (Å²) in [6.45, 7) is 9.91. The van der Waals surface area contributed by atoms with Crippen molar-refractivity contribution in [3.8, 4) is 0 Å². The van der Waals surface area contributed by atoms with Crippen LogP contribution in [0.1, 0.15) is 44.7 Å². The van der Waals surface area contributed by atoms with E-state index in [2.05, 4.69) is 56.0 Å². The van der Waals surface area contributed by atoms with Gasteiger partial charge in [0.15, 0.2) is 0 Å². The molecule has 0 bridgehead atoms. The molecule has 0 saturated carbocycles. The van der Waals surface area contributed by atoms with Crippen LogP contribution in [0.3, 0.4) is 0 Å². The van der Waals surface area contributed by atoms with Gasteiger partial charge in [-0.05, 0) is 36.1 Å². The van der Waals surface area contributed by atoms with Crippen LogP contribution in [0.5, 0.6) is 0 Å². The molecule has 1 atom stereocenters. The summed E-state index contributed by atoms with van der Waals surface area (Å²) in [5.74, 6) is 0.662. The van der Waals surface area contributed by atoms with Gasteiger partial charge in [0, 0.05) is 20.0 Å². The van der Waals surface area contributed by atoms with Crippen LogP contribution in [0.15, 0.2) is 48.5 Å². The highest BCUT2D eigenvalue weighted by molar-refractivity contribution is 5.97. The van der Waals surface area contributed by atoms with E-state index in [1.165, 1.54) is 11.1 Å². The Morgan fingerprint density at radius 1 is 1.08 bits per heavy atom. The quantitative estimate of drug-likeness (QED) is 0.826. The monoisotopic (exact) mass is 322 g/mol. The van der Waals surface area contributed by atoms with Crippen LogP contribution in [0.25, 0.3) is 0 Å². The summed E-state index contributed by atoms with van der Waals surface area (Å²) in [5, 5.41) is 0. The normalized spacial score (nSPS) is 17.1. The Balaban J connectivity index is 1.88. The van der Waals surface area contributed by atoms with Gasteiger partial charge in [0.05, 0.1) is 17.4 Å². The zero-order valence-corrected chi connectivity index (χ0v) is 15.0. The lowest BCUT2D eigenvalue weighted by Gasteiger charge is -2.42. The molecule has 0 N–H and O–H groups in total. The molecular weight excluding hydrogens is 296 g/mol. The number of rotatable bonds is 3. The van der Waals surface area contributed by atoms with E-state index >= 15 is 0 Å². The van der Waals surface area contributed by atoms with Gasteiger partial charge in [0.2, 0.25) is 5.91 Å². The molecule has 0 fully saturated rings. The van der Waals surface area contributed by atoms with Gasteiger partial charge in [-0.2, -0.15) is 0 Å². The van der Waals surface area contributed by atoms with Crippen LogP contribution in [0.2, 0.25) is 0 Å². The minimum absolute atomic E-state index is 0.107. The summed E-state index contributed by atoms with van der Waals surface area (Å²) in [6, 6.07) is 17.3. The molecule has 0 saturated heterocycles. The number of anilines is 2. The first-order chi connectivity index (χ1) is 11.5. The fraction of sp³-hybridized carbons (Fsp3) is 0.381. The summed E-state index contributed by atoms with van der Waals surface area (Å²) in [6.07, 6.45) is 0. The van der Waals surface area contributed by atoms with Gasteiger partial charge >= 0.3 is 0 Å². The zero-order chi connectivity index (χ0) is 17.3. The van der Waals surface area contributed by atoms with E-state index < -0.39 is 0 Å². The van der Waals surface area contributed by atoms with Crippen LogP contribution in [-0.4, -0.2) is 18.5 Å². The molecule has 126 valence electrons. The molecule has 1 amide bonds. The average molecular weight is 322 g/mol. The third-order valence-corrected chi connectivity index (χ3v) is 4.77. The predicted octanol–water partition coefficient (Wildman–Crippen LogP) is 4.57. The largest absolute Gasteiger partial charge is 0.363 e. The van der Waals surface area contributed by atoms with Crippen LogP contribution in [0.4, 0.5) is 11.4 Å². The Kier molecular flexibility index (Phi) is 4.61. The number of hydrogen-bond acceptors (Lipinski definition) is 2. The van der Waals surface area contributed by atoms with Gasteiger partial charge in [-0.15, -0.1) is 0 Å². The molecule has 0 aliphatic carbocycles. The summed E-state index contributed by atoms with van der Waals surface area (Å²) in [4.78, 5) is 16.3. The first-order valence-corrected chi connectivity index (χ1v) is 8.70. The molecule has 0 aromatic heterocycles. The molecule has 1 aliphatic rings. The van der Waals surface area contributed by atoms with Gasteiger partial charge < -0.3 is 9.80 Å². The number of fused-ring (bicyclic) bond motifs is 1. The van der Waals surface area contributed by atoms with Crippen molar-refractivity contribution in [2.45, 2.75) is 46.2 Å². The molecule has 2 aromatic carbocycles. The van der Waals surface area contributed by atoms with Gasteiger partial charge in [-0.1, -0.05) is 50.2 Å². The number of para-hydroxylation sites is 2. The highest BCUT2D eigenvalue weighted by Crippen LogP contribution is 2.36. The molecule has 1 aliphatic heterocycles. The lowest BCUT2D eigenvalue weighted by Crippen LogP contribution is -2.49. The standard InChI is InChI=1S/C21H26N2O/c1-15(2)19-11-9-18(10-12-19)14-22-13-16(3)23(17(4)24)21-8-6-5-7-20(21)22/h5-12,15-16H,13-14H2,1-4H3/t16-/m0/s1. The third-order valence-electron chi connectivity index (χ3n) is 4.77. The molecule has 0 radical (unpaired) electrons. The maximum Gasteiger partial charge on any atom is 0.224 e. The Morgan fingerprint density at radius 3 is 2.29 bits per heavy atom. The van der Waals surface area contributed by atoms with E-state index in [9.17, 15) is 4.79 Å². The van der Waals surface area contributed by atoms with E-state index in [1.807, 2.05) is 23.1 Å². The molecule has 2 aromatic rings. The highest BCUT2D eigenvalue weighted by Gasteiger charge is 2.30. The molecule has 0 unspecified atom stereocenters. The van der Waals surface area contributed by atoms with Crippen molar-refractivity contribution in [3.63, 3.8) is 0 Å². The summed E-state index contributed by atoms with van der Waals surface area (Å²) < 4.78 is 0. The van der Waals surface area contributed by atoms with E-state index in [4.69, 9.17) is 0 Å². The lowest BCUT2D eigenvalue weighted by atomic mass is 10.0. The third kappa shape index (κ3) is 3.16. The molecule has 0 spiro atoms. The number of nitrogens with zero attached hydrogens (tertiary/aromatic N) is 2. The van der Waals surface area contributed by atoms with Crippen molar-refractivity contribution >= 4 is 17.3 Å². The highest BCUT2D eigenvalue weighted by atomic mass is 16.2. The van der Waals surface area contributed by atoms with Crippen LogP contribution < -0.4 is 9.80 Å². The number of carbonyl (C=O) groups is 1. The van der Waals surface area contributed by atoms with E-state index in [1.54, 1.807) is 6.92 Å². The molecule has 3 nitrogen and oxygen atoms in total. The topological polar surface area (TPSA) is 23.6 Å². The number of carbonyl (C=O) groups excluding carboxylic acids is 1. The van der Waals surface area contributed by atoms with Crippen molar-refractivity contribution in [2.75, 3.05) is 16.3 Å². The summed E-state index contributed by atoms with van der Waals surface area (Å²) >= 11 is 0. The second-order valence-corrected chi connectivity index (χ2v) is 7.00. The summed E-state index contributed by atoms with van der Waals surface area (Å²) in [5.41, 5.74) is 4.83. The van der Waals surface area contributed by atoms with E-state index in [0.717, 1.165) is 24.5 Å². The van der Waals surface area contributed by atoms with Gasteiger partial charge in [-0.25, -0.2) is 0 Å². The van der Waals surface area contributed by atoms with Crippen LogP contribution in [0, 0.1) is 0 Å². The smallest absolute Gasteiger partial charge is 0.224 e. The first kappa shape index (κ1) is 16.6. The lowest BCUT2D eigenvalue weighted by molar-refractivity contribution is -0.117. The van der Waals surface area contributed by atoms with Gasteiger partial charge in [0.25, 0.3) is 0 Å². The minimum Gasteiger partial charge on any atom is -0.363 e. The second kappa shape index (κ2) is 6.68. The molecule has 3 heteroatoms. The number of benzene rings is 2. The molecule has 1 heterocycles. The van der Waals surface area contributed by atoms with Gasteiger partial charge in [0.1, 0.15) is 0 Å². The maximum atomic E-state index is 12.0. The molecule has 24 heavy (non-hydrogen) atoms. The minimum atomic E-state index is 0.107. The van der Waals surface area contributed by atoms with Crippen molar-refractivity contribution < 1.29 is 4.79 Å². The zero-order valence-electron chi connectivity index (χ0n) is 15.0. The predicted molar refractivity (Wildman–Crippen MR) is 101 cm³/mol. The van der Waals surface area contributed by atoms with E-state index in [0.29, 0.717) is 5.92 Å². The number of hydrogen-bond donors (Lipinski definition) is 0. The van der Waals surface area contributed by atoms with Crippen LogP contribution >= 0.6 is 0 Å². The van der Waals surface area contributed by atoms with E-state index in [-0.39, 0.29) is 11.9 Å². The molecule has 3 rings (SSSR count). The Bertz CT molecular complexity index is 721. The number of amides is 1. The molecular formula is C21H26N2O. The Morgan fingerprint density at radius 2 is 1.71 bits per heavy atom. The summed E-state index contributed by atoms with van der Waals surface area (Å²) in [7, 11) is 0. The maximum absolute atomic E-state index is 12.0. The Labute approximate surface area is 144 Å². The first-order valence-electron chi connectivity index (χ1n) is 8.70. The van der Waals surface area contributed by atoms with Crippen molar-refractivity contribution in [1.82, 2.24) is 0 Å². The Hall–Kier alpha value is -2.29. The van der Waals surface area contributed by atoms with Crippen molar-refractivity contribution in [1.29, 1.82) is 0 Å². The average Bonchev–Trinajstić information content (AvgIpc) is 2.55. The SMILES string of the molecule is CC(=O)N1c2ccccc2N(Cc2ccc(C(C)C)cc2)C[C@@H]1C. The van der Waals surface area contributed by atoms with Crippen LogP contribution in [-0.2, 0) is 11.3 Å². The fourth-order valence-corrected chi connectivity index (χ4v) is 3.53. The van der Waals surface area contributed by atoms with Crippen molar-refractivity contribution in [3.05, 3.63) is 59.7 Å². The van der Waals surface area contributed by atoms with Crippen molar-refractivity contribution in [2.24, 2.45) is 0 Å². The van der Waals surface area contributed by atoms with Gasteiger partial charge in [-0.3, -0.25) is 4.79 Å². The second-order valence-electron chi connectivity index (χ2n) is 7.00. The fourth-order valence-electron chi connectivity index (χ4n) is 3.53.